The van der Waals surface area contributed by atoms with Crippen LogP contribution in [0, 0.1) is 0 Å². The van der Waals surface area contributed by atoms with E-state index in [1.807, 2.05) is 63.2 Å². The van der Waals surface area contributed by atoms with Crippen molar-refractivity contribution in [3.63, 3.8) is 0 Å². The van der Waals surface area contributed by atoms with Crippen LogP contribution in [-0.4, -0.2) is 37.4 Å². The fourth-order valence-electron chi connectivity index (χ4n) is 3.20. The molecule has 0 N–H and O–H groups in total. The summed E-state index contributed by atoms with van der Waals surface area (Å²) >= 11 is 0. The molecule has 1 unspecified atom stereocenters. The summed E-state index contributed by atoms with van der Waals surface area (Å²) in [5.74, 6) is 1.20. The lowest BCUT2D eigenvalue weighted by atomic mass is 9.97. The molecule has 7 nitrogen and oxygen atoms in total. The molecule has 0 bridgehead atoms. The molecule has 30 heavy (non-hydrogen) atoms. The maximum Gasteiger partial charge on any atom is 0.411 e. The molecule has 7 heteroatoms. The van der Waals surface area contributed by atoms with Gasteiger partial charge in [-0.05, 0) is 50.5 Å². The Hall–Kier alpha value is -2.77. The van der Waals surface area contributed by atoms with Crippen molar-refractivity contribution >= 4 is 6.09 Å². The minimum Gasteiger partial charge on any atom is -0.493 e. The summed E-state index contributed by atoms with van der Waals surface area (Å²) < 4.78 is 16.5. The Kier molecular flexibility index (Phi) is 6.84. The van der Waals surface area contributed by atoms with Crippen LogP contribution in [0.25, 0.3) is 0 Å². The number of benzene rings is 2. The molecule has 1 aliphatic rings. The summed E-state index contributed by atoms with van der Waals surface area (Å²) in [6, 6.07) is 13.7. The summed E-state index contributed by atoms with van der Waals surface area (Å²) in [6.07, 6.45) is -0.602. The van der Waals surface area contributed by atoms with Crippen LogP contribution in [0.3, 0.4) is 0 Å². The number of ether oxygens (including phenoxy) is 3. The zero-order chi connectivity index (χ0) is 21.7. The van der Waals surface area contributed by atoms with E-state index >= 15 is 0 Å². The van der Waals surface area contributed by atoms with E-state index in [2.05, 4.69) is 0 Å². The second-order valence-electron chi connectivity index (χ2n) is 8.03. The predicted octanol–water partition coefficient (Wildman–Crippen LogP) is 4.64. The first kappa shape index (κ1) is 21.9. The molecule has 1 heterocycles. The third-order valence-electron chi connectivity index (χ3n) is 4.63. The molecule has 1 amide bonds. The number of methoxy groups -OCH3 is 2. The second kappa shape index (κ2) is 9.36. The van der Waals surface area contributed by atoms with Gasteiger partial charge in [0.25, 0.3) is 0 Å². The van der Waals surface area contributed by atoms with Gasteiger partial charge >= 0.3 is 6.09 Å². The lowest BCUT2D eigenvalue weighted by Crippen LogP contribution is -2.42. The first-order valence-electron chi connectivity index (χ1n) is 9.89. The molecule has 0 saturated heterocycles. The van der Waals surface area contributed by atoms with Crippen molar-refractivity contribution in [2.45, 2.75) is 45.6 Å². The highest BCUT2D eigenvalue weighted by Crippen LogP contribution is 2.39. The van der Waals surface area contributed by atoms with Crippen LogP contribution < -0.4 is 9.47 Å². The molecule has 0 saturated carbocycles. The van der Waals surface area contributed by atoms with Crippen molar-refractivity contribution in [1.82, 2.24) is 4.90 Å². The second-order valence-corrected chi connectivity index (χ2v) is 8.03. The molecule has 3 rings (SSSR count). The number of rotatable bonds is 6. The quantitative estimate of drug-likeness (QED) is 0.506. The predicted molar refractivity (Wildman–Crippen MR) is 111 cm³/mol. The number of hydrogen-bond donors (Lipinski definition) is 0. The van der Waals surface area contributed by atoms with Crippen LogP contribution in [0.5, 0.6) is 11.5 Å². The van der Waals surface area contributed by atoms with E-state index in [-0.39, 0.29) is 0 Å². The summed E-state index contributed by atoms with van der Waals surface area (Å²) in [6.45, 7) is 6.49. The third kappa shape index (κ3) is 5.23. The Morgan fingerprint density at radius 2 is 1.83 bits per heavy atom. The summed E-state index contributed by atoms with van der Waals surface area (Å²) in [4.78, 5) is 25.0. The van der Waals surface area contributed by atoms with Gasteiger partial charge in [-0.2, -0.15) is 0 Å². The first-order chi connectivity index (χ1) is 14.3. The molecule has 2 aromatic rings. The molecule has 0 aromatic heterocycles. The van der Waals surface area contributed by atoms with Crippen LogP contribution in [-0.2, 0) is 27.5 Å². The fraction of sp³-hybridized carbons (Fsp3) is 0.435. The molecule has 0 spiro atoms. The third-order valence-corrected chi connectivity index (χ3v) is 4.63. The van der Waals surface area contributed by atoms with Crippen molar-refractivity contribution in [2.75, 3.05) is 20.8 Å². The van der Waals surface area contributed by atoms with Gasteiger partial charge in [-0.25, -0.2) is 14.6 Å². The zero-order valence-corrected chi connectivity index (χ0v) is 18.1. The van der Waals surface area contributed by atoms with Crippen LogP contribution in [0.1, 0.15) is 43.7 Å². The van der Waals surface area contributed by atoms with E-state index in [1.165, 1.54) is 12.0 Å². The number of carbonyl (C=O) groups excluding carboxylic acids is 1. The van der Waals surface area contributed by atoms with Crippen LogP contribution in [0.15, 0.2) is 42.5 Å². The average molecular weight is 415 g/mol. The molecule has 0 radical (unpaired) electrons. The summed E-state index contributed by atoms with van der Waals surface area (Å²) in [5, 5.41) is 0. The largest absolute Gasteiger partial charge is 0.493 e. The fourth-order valence-corrected chi connectivity index (χ4v) is 3.20. The Morgan fingerprint density at radius 3 is 2.47 bits per heavy atom. The van der Waals surface area contributed by atoms with Gasteiger partial charge < -0.3 is 14.2 Å². The van der Waals surface area contributed by atoms with Crippen molar-refractivity contribution < 1.29 is 28.8 Å². The van der Waals surface area contributed by atoms with E-state index in [9.17, 15) is 4.79 Å². The Morgan fingerprint density at radius 1 is 1.10 bits per heavy atom. The van der Waals surface area contributed by atoms with E-state index in [0.717, 1.165) is 16.7 Å². The monoisotopic (exact) mass is 415 g/mol. The van der Waals surface area contributed by atoms with Gasteiger partial charge in [-0.15, -0.1) is 0 Å². The highest BCUT2D eigenvalue weighted by atomic mass is 17.2. The molecule has 0 fully saturated rings. The highest BCUT2D eigenvalue weighted by molar-refractivity contribution is 5.69. The average Bonchev–Trinajstić information content (AvgIpc) is 2.74. The topological polar surface area (TPSA) is 66.5 Å². The maximum atomic E-state index is 12.3. The summed E-state index contributed by atoms with van der Waals surface area (Å²) in [5.41, 5.74) is 2.30. The Balaban J connectivity index is 1.90. The normalized spacial score (nSPS) is 16.0. The van der Waals surface area contributed by atoms with Crippen molar-refractivity contribution in [3.8, 4) is 11.5 Å². The van der Waals surface area contributed by atoms with E-state index in [1.54, 1.807) is 7.11 Å². The van der Waals surface area contributed by atoms with E-state index < -0.39 is 17.9 Å². The van der Waals surface area contributed by atoms with Gasteiger partial charge in [0.1, 0.15) is 6.61 Å². The number of fused-ring (bicyclic) bond motifs is 1. The van der Waals surface area contributed by atoms with Gasteiger partial charge in [-0.1, -0.05) is 30.3 Å². The SMILES string of the molecule is COC(=O)N1CCc2cc(OCc3ccccc3)c(OC)cc2C1OOC(C)(C)C. The van der Waals surface area contributed by atoms with Crippen molar-refractivity contribution in [3.05, 3.63) is 59.2 Å². The molecule has 2 aromatic carbocycles. The van der Waals surface area contributed by atoms with Gasteiger partial charge in [0, 0.05) is 12.1 Å². The highest BCUT2D eigenvalue weighted by Gasteiger charge is 2.35. The van der Waals surface area contributed by atoms with E-state index in [4.69, 9.17) is 24.0 Å². The zero-order valence-electron chi connectivity index (χ0n) is 18.1. The Bertz CT molecular complexity index is 862. The number of amides is 1. The molecule has 1 aliphatic heterocycles. The van der Waals surface area contributed by atoms with Gasteiger partial charge in [0.15, 0.2) is 17.7 Å². The van der Waals surface area contributed by atoms with Gasteiger partial charge in [0.2, 0.25) is 0 Å². The molecule has 1 atom stereocenters. The minimum absolute atomic E-state index is 0.428. The standard InChI is InChI=1S/C23H29NO6/c1-23(2,3)30-29-21-18-14-19(26-4)20(28-15-16-9-7-6-8-10-16)13-17(18)11-12-24(21)22(25)27-5/h6-10,13-14,21H,11-12,15H2,1-5H3. The van der Waals surface area contributed by atoms with Gasteiger partial charge in [0.05, 0.1) is 19.8 Å². The van der Waals surface area contributed by atoms with Gasteiger partial charge in [-0.3, -0.25) is 4.90 Å². The minimum atomic E-state index is -0.752. The smallest absolute Gasteiger partial charge is 0.411 e. The lowest BCUT2D eigenvalue weighted by Gasteiger charge is -2.36. The van der Waals surface area contributed by atoms with Crippen LogP contribution in [0.4, 0.5) is 4.79 Å². The molecular weight excluding hydrogens is 386 g/mol. The summed E-state index contributed by atoms with van der Waals surface area (Å²) in [7, 11) is 2.93. The number of carbonyl (C=O) groups is 1. The van der Waals surface area contributed by atoms with Crippen molar-refractivity contribution in [2.24, 2.45) is 0 Å². The van der Waals surface area contributed by atoms with Crippen LogP contribution in [0.2, 0.25) is 0 Å². The number of hydrogen-bond acceptors (Lipinski definition) is 6. The maximum absolute atomic E-state index is 12.3. The number of nitrogens with zero attached hydrogens (tertiary/aromatic N) is 1. The molecule has 0 aliphatic carbocycles. The lowest BCUT2D eigenvalue weighted by molar-refractivity contribution is -0.395. The molecule has 162 valence electrons. The Labute approximate surface area is 177 Å². The molecular formula is C23H29NO6. The van der Waals surface area contributed by atoms with Crippen LogP contribution >= 0.6 is 0 Å². The van der Waals surface area contributed by atoms with Crippen molar-refractivity contribution in [1.29, 1.82) is 0 Å². The van der Waals surface area contributed by atoms with E-state index in [0.29, 0.717) is 31.1 Å². The first-order valence-corrected chi connectivity index (χ1v) is 9.89.